The van der Waals surface area contributed by atoms with Crippen LogP contribution in [-0.2, 0) is 6.61 Å². The zero-order chi connectivity index (χ0) is 16.1. The van der Waals surface area contributed by atoms with Crippen LogP contribution in [0.15, 0.2) is 60.8 Å². The molecule has 2 aromatic carbocycles. The Morgan fingerprint density at radius 3 is 2.74 bits per heavy atom. The van der Waals surface area contributed by atoms with E-state index in [1.165, 1.54) is 0 Å². The van der Waals surface area contributed by atoms with Crippen LogP contribution in [0.1, 0.15) is 5.56 Å². The van der Waals surface area contributed by atoms with Gasteiger partial charge in [-0.25, -0.2) is 9.37 Å². The molecule has 0 saturated carbocycles. The Morgan fingerprint density at radius 2 is 1.91 bits per heavy atom. The summed E-state index contributed by atoms with van der Waals surface area (Å²) in [4.78, 5) is 7.39. The molecule has 0 fully saturated rings. The van der Waals surface area contributed by atoms with E-state index < -0.39 is 5.82 Å². The van der Waals surface area contributed by atoms with Crippen molar-refractivity contribution >= 4 is 23.1 Å². The van der Waals surface area contributed by atoms with Gasteiger partial charge in [0.2, 0.25) is 5.28 Å². The Labute approximate surface area is 137 Å². The number of aromatic nitrogens is 2. The normalized spacial score (nSPS) is 10.3. The van der Waals surface area contributed by atoms with E-state index in [-0.39, 0.29) is 11.1 Å². The van der Waals surface area contributed by atoms with Crippen molar-refractivity contribution in [2.75, 3.05) is 5.32 Å². The molecule has 23 heavy (non-hydrogen) atoms. The molecule has 1 aromatic heterocycles. The summed E-state index contributed by atoms with van der Waals surface area (Å²) in [6, 6.07) is 17.0. The summed E-state index contributed by atoms with van der Waals surface area (Å²) in [6.07, 6.45) is 1.02. The second-order valence-corrected chi connectivity index (χ2v) is 5.10. The van der Waals surface area contributed by atoms with Gasteiger partial charge >= 0.3 is 0 Å². The van der Waals surface area contributed by atoms with Gasteiger partial charge in [-0.15, -0.1) is 0 Å². The molecule has 0 unspecified atom stereocenters. The maximum Gasteiger partial charge on any atom is 0.224 e. The first-order valence-electron chi connectivity index (χ1n) is 6.92. The lowest BCUT2D eigenvalue weighted by atomic mass is 10.2. The fourth-order valence-electron chi connectivity index (χ4n) is 1.97. The third kappa shape index (κ3) is 4.17. The molecule has 3 aromatic rings. The van der Waals surface area contributed by atoms with Crippen LogP contribution in [0.25, 0.3) is 0 Å². The SMILES string of the molecule is Fc1cnc(Cl)nc1Nc1cccc(OCc2ccccc2)c1. The number of hydrogen-bond donors (Lipinski definition) is 1. The van der Waals surface area contributed by atoms with E-state index >= 15 is 0 Å². The van der Waals surface area contributed by atoms with Crippen molar-refractivity contribution in [2.45, 2.75) is 6.61 Å². The van der Waals surface area contributed by atoms with Gasteiger partial charge in [-0.3, -0.25) is 0 Å². The van der Waals surface area contributed by atoms with Gasteiger partial charge in [-0.1, -0.05) is 36.4 Å². The first-order valence-corrected chi connectivity index (χ1v) is 7.30. The first kappa shape index (κ1) is 15.2. The van der Waals surface area contributed by atoms with E-state index in [0.29, 0.717) is 18.0 Å². The fourth-order valence-corrected chi connectivity index (χ4v) is 2.11. The molecule has 0 aliphatic heterocycles. The molecule has 0 aliphatic carbocycles. The second kappa shape index (κ2) is 7.07. The smallest absolute Gasteiger partial charge is 0.224 e. The molecule has 0 saturated heterocycles. The van der Waals surface area contributed by atoms with Crippen LogP contribution >= 0.6 is 11.6 Å². The summed E-state index contributed by atoms with van der Waals surface area (Å²) in [5.74, 6) is 0.106. The minimum Gasteiger partial charge on any atom is -0.489 e. The largest absolute Gasteiger partial charge is 0.489 e. The van der Waals surface area contributed by atoms with Crippen molar-refractivity contribution in [1.82, 2.24) is 9.97 Å². The van der Waals surface area contributed by atoms with E-state index in [1.807, 2.05) is 42.5 Å². The average molecular weight is 330 g/mol. The van der Waals surface area contributed by atoms with Crippen molar-refractivity contribution in [3.8, 4) is 5.75 Å². The van der Waals surface area contributed by atoms with Gasteiger partial charge in [-0.2, -0.15) is 4.98 Å². The topological polar surface area (TPSA) is 47.0 Å². The Hall–Kier alpha value is -2.66. The molecule has 0 radical (unpaired) electrons. The Morgan fingerprint density at radius 1 is 1.09 bits per heavy atom. The van der Waals surface area contributed by atoms with Crippen LogP contribution in [0.5, 0.6) is 5.75 Å². The molecular formula is C17H13ClFN3O. The van der Waals surface area contributed by atoms with Crippen molar-refractivity contribution in [1.29, 1.82) is 0 Å². The van der Waals surface area contributed by atoms with E-state index in [2.05, 4.69) is 15.3 Å². The minimum absolute atomic E-state index is 0.0187. The lowest BCUT2D eigenvalue weighted by molar-refractivity contribution is 0.306. The van der Waals surface area contributed by atoms with Crippen LogP contribution in [0.3, 0.4) is 0 Å². The fraction of sp³-hybridized carbons (Fsp3) is 0.0588. The number of hydrogen-bond acceptors (Lipinski definition) is 4. The molecule has 1 N–H and O–H groups in total. The summed E-state index contributed by atoms with van der Waals surface area (Å²) < 4.78 is 19.4. The van der Waals surface area contributed by atoms with Gasteiger partial charge in [-0.05, 0) is 29.3 Å². The molecule has 1 heterocycles. The number of benzene rings is 2. The highest BCUT2D eigenvalue weighted by atomic mass is 35.5. The summed E-state index contributed by atoms with van der Waals surface area (Å²) in [5.41, 5.74) is 1.71. The third-order valence-electron chi connectivity index (χ3n) is 3.06. The van der Waals surface area contributed by atoms with E-state index in [9.17, 15) is 4.39 Å². The molecule has 4 nitrogen and oxygen atoms in total. The van der Waals surface area contributed by atoms with E-state index in [4.69, 9.17) is 16.3 Å². The zero-order valence-electron chi connectivity index (χ0n) is 12.0. The summed E-state index contributed by atoms with van der Waals surface area (Å²) in [6.45, 7) is 0.456. The van der Waals surface area contributed by atoms with Gasteiger partial charge < -0.3 is 10.1 Å². The van der Waals surface area contributed by atoms with Crippen molar-refractivity contribution in [3.63, 3.8) is 0 Å². The van der Waals surface area contributed by atoms with E-state index in [0.717, 1.165) is 11.8 Å². The molecule has 0 spiro atoms. The number of halogens is 2. The van der Waals surface area contributed by atoms with Crippen LogP contribution in [0.4, 0.5) is 15.9 Å². The molecule has 0 amide bonds. The predicted molar refractivity (Wildman–Crippen MR) is 87.5 cm³/mol. The third-order valence-corrected chi connectivity index (χ3v) is 3.24. The van der Waals surface area contributed by atoms with Gasteiger partial charge in [0.1, 0.15) is 12.4 Å². The first-order chi connectivity index (χ1) is 11.2. The van der Waals surface area contributed by atoms with Crippen molar-refractivity contribution in [2.24, 2.45) is 0 Å². The Bertz CT molecular complexity index is 799. The maximum atomic E-state index is 13.6. The monoisotopic (exact) mass is 329 g/mol. The standard InChI is InChI=1S/C17H13ClFN3O/c18-17-20-10-15(19)16(22-17)21-13-7-4-8-14(9-13)23-11-12-5-2-1-3-6-12/h1-10H,11H2,(H,20,21,22). The van der Waals surface area contributed by atoms with Crippen molar-refractivity contribution < 1.29 is 9.13 Å². The predicted octanol–water partition coefficient (Wildman–Crippen LogP) is 4.59. The highest BCUT2D eigenvalue weighted by molar-refractivity contribution is 6.28. The van der Waals surface area contributed by atoms with Gasteiger partial charge in [0, 0.05) is 11.8 Å². The van der Waals surface area contributed by atoms with Crippen molar-refractivity contribution in [3.05, 3.63) is 77.5 Å². The quantitative estimate of drug-likeness (QED) is 0.695. The summed E-state index contributed by atoms with van der Waals surface area (Å²) in [5, 5.41) is 2.84. The average Bonchev–Trinajstić information content (AvgIpc) is 2.58. The number of nitrogens with zero attached hydrogens (tertiary/aromatic N) is 2. The molecule has 0 aliphatic rings. The van der Waals surface area contributed by atoms with Crippen LogP contribution in [-0.4, -0.2) is 9.97 Å². The molecule has 116 valence electrons. The van der Waals surface area contributed by atoms with E-state index in [1.54, 1.807) is 12.1 Å². The van der Waals surface area contributed by atoms with Gasteiger partial charge in [0.15, 0.2) is 11.6 Å². The number of rotatable bonds is 5. The van der Waals surface area contributed by atoms with Gasteiger partial charge in [0.25, 0.3) is 0 Å². The molecule has 6 heteroatoms. The highest BCUT2D eigenvalue weighted by Gasteiger charge is 2.07. The minimum atomic E-state index is -0.579. The Kier molecular flexibility index (Phi) is 4.68. The maximum absolute atomic E-state index is 13.6. The zero-order valence-corrected chi connectivity index (χ0v) is 12.8. The molecule has 0 atom stereocenters. The lowest BCUT2D eigenvalue weighted by Gasteiger charge is -2.10. The number of nitrogens with one attached hydrogen (secondary N) is 1. The second-order valence-electron chi connectivity index (χ2n) is 4.76. The number of anilines is 2. The summed E-state index contributed by atoms with van der Waals surface area (Å²) in [7, 11) is 0. The Balaban J connectivity index is 1.71. The van der Waals surface area contributed by atoms with Crippen LogP contribution in [0, 0.1) is 5.82 Å². The number of ether oxygens (including phenoxy) is 1. The highest BCUT2D eigenvalue weighted by Crippen LogP contribution is 2.23. The molecule has 0 bridgehead atoms. The molecule has 3 rings (SSSR count). The van der Waals surface area contributed by atoms with Crippen LogP contribution in [0.2, 0.25) is 5.28 Å². The van der Waals surface area contributed by atoms with Crippen LogP contribution < -0.4 is 10.1 Å². The van der Waals surface area contributed by atoms with Gasteiger partial charge in [0.05, 0.1) is 6.20 Å². The lowest BCUT2D eigenvalue weighted by Crippen LogP contribution is -2.00. The molecular weight excluding hydrogens is 317 g/mol. The summed E-state index contributed by atoms with van der Waals surface area (Å²) >= 11 is 5.68.